The van der Waals surface area contributed by atoms with Gasteiger partial charge in [0.15, 0.2) is 0 Å². The number of nitrogens with one attached hydrogen (secondary N) is 1. The Kier molecular flexibility index (Phi) is 6.68. The lowest BCUT2D eigenvalue weighted by molar-refractivity contribution is 0.00707. The van der Waals surface area contributed by atoms with E-state index in [0.29, 0.717) is 12.7 Å². The topological polar surface area (TPSA) is 93.5 Å². The van der Waals surface area contributed by atoms with Crippen LogP contribution in [0.15, 0.2) is 52.4 Å². The van der Waals surface area contributed by atoms with E-state index in [4.69, 9.17) is 4.74 Å². The van der Waals surface area contributed by atoms with Crippen LogP contribution in [0.3, 0.4) is 0 Å². The summed E-state index contributed by atoms with van der Waals surface area (Å²) in [4.78, 5) is 20.4. The number of carbonyl (C=O) groups excluding carboxylic acids is 1. The van der Waals surface area contributed by atoms with E-state index in [2.05, 4.69) is 19.6 Å². The Morgan fingerprint density at radius 2 is 2.03 bits per heavy atom. The van der Waals surface area contributed by atoms with Crippen LogP contribution in [0.4, 0.5) is 8.78 Å². The Morgan fingerprint density at radius 1 is 1.35 bits per heavy atom. The molecule has 0 saturated heterocycles. The molecule has 0 bridgehead atoms. The number of carbonyl (C=O) groups is 1. The first-order valence-corrected chi connectivity index (χ1v) is 11.7. The second-order valence-electron chi connectivity index (χ2n) is 7.42. The fraction of sp³-hybridized carbons (Fsp3) is 0.381. The number of halogens is 2. The van der Waals surface area contributed by atoms with E-state index in [9.17, 15) is 17.8 Å². The number of nitrogens with zero attached hydrogens (tertiary/aromatic N) is 3. The van der Waals surface area contributed by atoms with Crippen LogP contribution < -0.4 is 10.1 Å². The summed E-state index contributed by atoms with van der Waals surface area (Å²) in [7, 11) is -1.02. The molecule has 2 aromatic rings. The Balaban J connectivity index is 1.90. The van der Waals surface area contributed by atoms with Crippen molar-refractivity contribution in [3.63, 3.8) is 0 Å². The fourth-order valence-corrected chi connectivity index (χ4v) is 3.29. The quantitative estimate of drug-likeness (QED) is 0.653. The van der Waals surface area contributed by atoms with Gasteiger partial charge in [0.25, 0.3) is 5.91 Å². The third-order valence-electron chi connectivity index (χ3n) is 4.68. The SMILES string of the molecule is CN=[S@](C)(=O)/C=C/[C@@H](NC(=O)c1cnc(C(C)(F)F)nc1Oc1ccccc1)C1CC1. The second-order valence-corrected chi connectivity index (χ2v) is 9.78. The molecular formula is C21H24F2N4O3S. The van der Waals surface area contributed by atoms with Crippen molar-refractivity contribution in [3.05, 3.63) is 59.4 Å². The molecule has 0 spiro atoms. The maximum absolute atomic E-state index is 13.7. The number of para-hydroxylation sites is 1. The third-order valence-corrected chi connectivity index (χ3v) is 6.06. The van der Waals surface area contributed by atoms with Gasteiger partial charge in [-0.25, -0.2) is 13.6 Å². The molecule has 0 radical (unpaired) electrons. The van der Waals surface area contributed by atoms with Crippen molar-refractivity contribution in [1.82, 2.24) is 15.3 Å². The number of ether oxygens (including phenoxy) is 1. The van der Waals surface area contributed by atoms with Crippen LogP contribution in [-0.2, 0) is 15.7 Å². The van der Waals surface area contributed by atoms with E-state index in [1.807, 2.05) is 0 Å². The summed E-state index contributed by atoms with van der Waals surface area (Å²) in [5, 5.41) is 4.32. The van der Waals surface area contributed by atoms with E-state index in [1.54, 1.807) is 36.4 Å². The highest BCUT2D eigenvalue weighted by atomic mass is 32.2. The van der Waals surface area contributed by atoms with Crippen molar-refractivity contribution in [2.24, 2.45) is 10.3 Å². The summed E-state index contributed by atoms with van der Waals surface area (Å²) in [5.74, 6) is -4.34. The second kappa shape index (κ2) is 9.09. The largest absolute Gasteiger partial charge is 0.438 e. The summed E-state index contributed by atoms with van der Waals surface area (Å²) >= 11 is 0. The van der Waals surface area contributed by atoms with Gasteiger partial charge in [-0.2, -0.15) is 13.8 Å². The number of alkyl halides is 2. The zero-order valence-corrected chi connectivity index (χ0v) is 18.2. The van der Waals surface area contributed by atoms with Crippen molar-refractivity contribution in [3.8, 4) is 11.6 Å². The van der Waals surface area contributed by atoms with Crippen LogP contribution in [0.5, 0.6) is 11.6 Å². The zero-order chi connectivity index (χ0) is 22.6. The molecule has 0 aliphatic heterocycles. The van der Waals surface area contributed by atoms with Crippen LogP contribution in [-0.4, -0.2) is 39.4 Å². The van der Waals surface area contributed by atoms with E-state index in [-0.39, 0.29) is 23.4 Å². The van der Waals surface area contributed by atoms with E-state index in [0.717, 1.165) is 19.0 Å². The van der Waals surface area contributed by atoms with Crippen LogP contribution >= 0.6 is 0 Å². The summed E-state index contributed by atoms with van der Waals surface area (Å²) in [5.41, 5.74) is -0.0756. The molecule has 1 aliphatic carbocycles. The highest BCUT2D eigenvalue weighted by molar-refractivity contribution is 7.95. The molecule has 3 rings (SSSR count). The van der Waals surface area contributed by atoms with Gasteiger partial charge in [0.05, 0.1) is 15.8 Å². The number of aromatic nitrogens is 2. The Bertz CT molecular complexity index is 1090. The minimum Gasteiger partial charge on any atom is -0.438 e. The first kappa shape index (κ1) is 22.8. The number of hydrogen-bond acceptors (Lipinski definition) is 6. The van der Waals surface area contributed by atoms with Gasteiger partial charge in [-0.15, -0.1) is 0 Å². The standard InChI is InChI=1S/C21H24F2N4O3S/c1-21(22,23)20-25-13-16(19(27-20)30-15-7-5-4-6-8-15)18(28)26-17(14-9-10-14)11-12-31(3,29)24-2/h4-8,11-14,17H,9-10H2,1-3H3,(H,26,28)/b12-11+/t17-,31-/m1/s1. The van der Waals surface area contributed by atoms with Crippen molar-refractivity contribution in [1.29, 1.82) is 0 Å². The fourth-order valence-electron chi connectivity index (χ4n) is 2.71. The predicted octanol–water partition coefficient (Wildman–Crippen LogP) is 4.13. The highest BCUT2D eigenvalue weighted by Gasteiger charge is 2.33. The van der Waals surface area contributed by atoms with Gasteiger partial charge in [-0.1, -0.05) is 24.3 Å². The van der Waals surface area contributed by atoms with Gasteiger partial charge in [-0.3, -0.25) is 4.79 Å². The van der Waals surface area contributed by atoms with Crippen LogP contribution in [0.2, 0.25) is 0 Å². The van der Waals surface area contributed by atoms with Gasteiger partial charge in [-0.05, 0) is 30.9 Å². The van der Waals surface area contributed by atoms with Crippen LogP contribution in [0.25, 0.3) is 0 Å². The molecule has 2 atom stereocenters. The average Bonchev–Trinajstić information content (AvgIpc) is 3.56. The monoisotopic (exact) mass is 450 g/mol. The van der Waals surface area contributed by atoms with Crippen LogP contribution in [0, 0.1) is 5.92 Å². The van der Waals surface area contributed by atoms with Gasteiger partial charge < -0.3 is 10.1 Å². The smallest absolute Gasteiger partial charge is 0.303 e. The lowest BCUT2D eigenvalue weighted by Gasteiger charge is -2.17. The van der Waals surface area contributed by atoms with Crippen molar-refractivity contribution >= 4 is 15.6 Å². The summed E-state index contributed by atoms with van der Waals surface area (Å²) in [6.07, 6.45) is 6.02. The van der Waals surface area contributed by atoms with Gasteiger partial charge >= 0.3 is 5.92 Å². The summed E-state index contributed by atoms with van der Waals surface area (Å²) in [6.45, 7) is 0.670. The molecule has 10 heteroatoms. The molecule has 1 aromatic carbocycles. The van der Waals surface area contributed by atoms with Gasteiger partial charge in [0, 0.05) is 31.8 Å². The van der Waals surface area contributed by atoms with Crippen molar-refractivity contribution < 1.29 is 22.5 Å². The molecule has 1 aliphatic rings. The van der Waals surface area contributed by atoms with Crippen molar-refractivity contribution in [2.75, 3.05) is 13.3 Å². The molecule has 31 heavy (non-hydrogen) atoms. The molecule has 1 aromatic heterocycles. The molecule has 0 unspecified atom stereocenters. The molecule has 166 valence electrons. The first-order chi connectivity index (χ1) is 14.6. The van der Waals surface area contributed by atoms with E-state index < -0.39 is 27.4 Å². The number of rotatable bonds is 8. The molecule has 1 fully saturated rings. The first-order valence-electron chi connectivity index (χ1n) is 9.66. The molecule has 1 N–H and O–H groups in total. The lowest BCUT2D eigenvalue weighted by atomic mass is 10.1. The summed E-state index contributed by atoms with van der Waals surface area (Å²) in [6, 6.07) is 8.05. The number of amides is 1. The Labute approximate surface area is 180 Å². The summed E-state index contributed by atoms with van der Waals surface area (Å²) < 4.78 is 49.1. The molecule has 7 nitrogen and oxygen atoms in total. The van der Waals surface area contributed by atoms with E-state index >= 15 is 0 Å². The Hall–Kier alpha value is -2.88. The highest BCUT2D eigenvalue weighted by Crippen LogP contribution is 2.34. The number of hydrogen-bond donors (Lipinski definition) is 1. The minimum absolute atomic E-state index is 0.0756. The van der Waals surface area contributed by atoms with Gasteiger partial charge in [0.2, 0.25) is 11.7 Å². The molecular weight excluding hydrogens is 426 g/mol. The maximum Gasteiger partial charge on any atom is 0.303 e. The Morgan fingerprint density at radius 3 is 2.61 bits per heavy atom. The number of benzene rings is 1. The normalized spacial score (nSPS) is 17.1. The van der Waals surface area contributed by atoms with Gasteiger partial charge in [0.1, 0.15) is 11.3 Å². The molecule has 1 amide bonds. The lowest BCUT2D eigenvalue weighted by Crippen LogP contribution is -2.35. The van der Waals surface area contributed by atoms with E-state index in [1.165, 1.54) is 18.7 Å². The average molecular weight is 451 g/mol. The predicted molar refractivity (Wildman–Crippen MR) is 114 cm³/mol. The maximum atomic E-state index is 13.7. The molecule has 1 heterocycles. The van der Waals surface area contributed by atoms with Crippen molar-refractivity contribution in [2.45, 2.75) is 31.7 Å². The zero-order valence-electron chi connectivity index (χ0n) is 17.4. The third kappa shape index (κ3) is 6.30. The van der Waals surface area contributed by atoms with Crippen LogP contribution in [0.1, 0.15) is 35.9 Å². The molecule has 1 saturated carbocycles. The minimum atomic E-state index is -3.30.